The number of anilines is 2. The van der Waals surface area contributed by atoms with E-state index in [1.807, 2.05) is 6.07 Å². The molecule has 36 heavy (non-hydrogen) atoms. The molecular weight excluding hydrogens is 482 g/mol. The second-order valence-corrected chi connectivity index (χ2v) is 9.50. The zero-order valence-electron chi connectivity index (χ0n) is 19.8. The number of rotatable bonds is 10. The zero-order valence-corrected chi connectivity index (χ0v) is 20.6. The van der Waals surface area contributed by atoms with Gasteiger partial charge >= 0.3 is 5.97 Å². The zero-order chi connectivity index (χ0) is 26.1. The lowest BCUT2D eigenvalue weighted by Crippen LogP contribution is -2.35. The molecule has 1 amide bonds. The molecule has 0 aliphatic carbocycles. The first kappa shape index (κ1) is 26.2. The van der Waals surface area contributed by atoms with Crippen molar-refractivity contribution in [2.24, 2.45) is 0 Å². The van der Waals surface area contributed by atoms with E-state index in [2.05, 4.69) is 0 Å². The van der Waals surface area contributed by atoms with Crippen LogP contribution >= 0.6 is 0 Å². The first-order chi connectivity index (χ1) is 17.3. The highest BCUT2D eigenvalue weighted by Crippen LogP contribution is 2.30. The van der Waals surface area contributed by atoms with Crippen LogP contribution in [0, 0.1) is 11.3 Å². The molecule has 3 rings (SSSR count). The van der Waals surface area contributed by atoms with Gasteiger partial charge in [-0.1, -0.05) is 30.3 Å². The second kappa shape index (κ2) is 11.9. The Morgan fingerprint density at radius 2 is 1.58 bits per heavy atom. The summed E-state index contributed by atoms with van der Waals surface area (Å²) in [4.78, 5) is 26.5. The van der Waals surface area contributed by atoms with Gasteiger partial charge in [-0.25, -0.2) is 13.2 Å². The Kier molecular flexibility index (Phi) is 8.65. The monoisotopic (exact) mass is 507 g/mol. The SMILES string of the molecule is COc1ccccc1N(C)S(=O)(=O)c1ccc(C(=O)OCC(=O)N(CCC#N)c2ccccc2)cc1. The largest absolute Gasteiger partial charge is 0.495 e. The fourth-order valence-corrected chi connectivity index (χ4v) is 4.60. The number of carbonyl (C=O) groups excluding carboxylic acids is 2. The first-order valence-corrected chi connectivity index (χ1v) is 12.3. The second-order valence-electron chi connectivity index (χ2n) is 7.53. The quantitative estimate of drug-likeness (QED) is 0.385. The first-order valence-electron chi connectivity index (χ1n) is 10.9. The van der Waals surface area contributed by atoms with Gasteiger partial charge in [0, 0.05) is 19.3 Å². The molecule has 0 radical (unpaired) electrons. The van der Waals surface area contributed by atoms with Crippen molar-refractivity contribution in [1.29, 1.82) is 5.26 Å². The Labute approximate surface area is 210 Å². The van der Waals surface area contributed by atoms with E-state index >= 15 is 0 Å². The van der Waals surface area contributed by atoms with Crippen LogP contribution in [0.2, 0.25) is 0 Å². The Balaban J connectivity index is 1.69. The highest BCUT2D eigenvalue weighted by atomic mass is 32.2. The van der Waals surface area contributed by atoms with E-state index in [0.717, 1.165) is 4.31 Å². The summed E-state index contributed by atoms with van der Waals surface area (Å²) in [6.07, 6.45) is 0.119. The van der Waals surface area contributed by atoms with Gasteiger partial charge in [-0.05, 0) is 48.5 Å². The topological polar surface area (TPSA) is 117 Å². The predicted molar refractivity (Wildman–Crippen MR) is 134 cm³/mol. The molecule has 10 heteroatoms. The number of sulfonamides is 1. The maximum absolute atomic E-state index is 13.1. The molecule has 0 N–H and O–H groups in total. The van der Waals surface area contributed by atoms with Crippen molar-refractivity contribution in [2.75, 3.05) is 36.5 Å². The van der Waals surface area contributed by atoms with E-state index < -0.39 is 28.5 Å². The predicted octanol–water partition coefficient (Wildman–Crippen LogP) is 3.62. The molecule has 0 saturated heterocycles. The van der Waals surface area contributed by atoms with Crippen LogP contribution in [0.1, 0.15) is 16.8 Å². The maximum Gasteiger partial charge on any atom is 0.338 e. The van der Waals surface area contributed by atoms with E-state index in [1.165, 1.54) is 43.3 Å². The summed E-state index contributed by atoms with van der Waals surface area (Å²) in [5, 5.41) is 8.89. The number of para-hydroxylation sites is 3. The molecule has 0 bridgehead atoms. The lowest BCUT2D eigenvalue weighted by molar-refractivity contribution is -0.121. The van der Waals surface area contributed by atoms with Crippen molar-refractivity contribution < 1.29 is 27.5 Å². The minimum atomic E-state index is -3.93. The Morgan fingerprint density at radius 1 is 0.944 bits per heavy atom. The third-order valence-electron chi connectivity index (χ3n) is 5.32. The van der Waals surface area contributed by atoms with Crippen LogP contribution in [0.25, 0.3) is 0 Å². The molecule has 0 fully saturated rings. The fraction of sp³-hybridized carbons (Fsp3) is 0.192. The third kappa shape index (κ3) is 6.00. The number of nitriles is 1. The van der Waals surface area contributed by atoms with Crippen LogP contribution in [0.3, 0.4) is 0 Å². The summed E-state index contributed by atoms with van der Waals surface area (Å²) in [7, 11) is -1.07. The number of benzene rings is 3. The highest BCUT2D eigenvalue weighted by Gasteiger charge is 2.24. The van der Waals surface area contributed by atoms with Crippen molar-refractivity contribution in [3.8, 4) is 11.8 Å². The van der Waals surface area contributed by atoms with Gasteiger partial charge in [0.1, 0.15) is 5.75 Å². The summed E-state index contributed by atoms with van der Waals surface area (Å²) in [6.45, 7) is -0.376. The maximum atomic E-state index is 13.1. The van der Waals surface area contributed by atoms with Crippen LogP contribution in [0.15, 0.2) is 83.8 Å². The molecule has 0 aromatic heterocycles. The summed E-state index contributed by atoms with van der Waals surface area (Å²) in [6, 6.07) is 22.7. The fourth-order valence-electron chi connectivity index (χ4n) is 3.40. The molecule has 0 saturated carbocycles. The van der Waals surface area contributed by atoms with Crippen molar-refractivity contribution >= 4 is 33.3 Å². The average molecular weight is 508 g/mol. The number of hydrogen-bond acceptors (Lipinski definition) is 7. The molecule has 0 heterocycles. The molecule has 3 aromatic rings. The van der Waals surface area contributed by atoms with Gasteiger partial charge in [0.15, 0.2) is 6.61 Å². The van der Waals surface area contributed by atoms with Crippen molar-refractivity contribution in [3.63, 3.8) is 0 Å². The summed E-state index contributed by atoms with van der Waals surface area (Å²) >= 11 is 0. The lowest BCUT2D eigenvalue weighted by Gasteiger charge is -2.22. The van der Waals surface area contributed by atoms with Gasteiger partial charge in [0.05, 0.1) is 35.7 Å². The summed E-state index contributed by atoms with van der Waals surface area (Å²) in [5.74, 6) is -0.867. The molecule has 0 unspecified atom stereocenters. The standard InChI is InChI=1S/C26H25N3O6S/c1-28(23-11-6-7-12-24(23)34-2)36(32,33)22-15-13-20(14-16-22)26(31)35-19-25(30)29(18-8-17-27)21-9-4-3-5-10-21/h3-7,9-16H,8,18-19H2,1-2H3. The summed E-state index contributed by atoms with van der Waals surface area (Å²) in [5.41, 5.74) is 1.04. The summed E-state index contributed by atoms with van der Waals surface area (Å²) < 4.78 is 37.6. The highest BCUT2D eigenvalue weighted by molar-refractivity contribution is 7.92. The molecule has 3 aromatic carbocycles. The molecule has 0 atom stereocenters. The minimum absolute atomic E-state index is 0.0321. The van der Waals surface area contributed by atoms with Crippen LogP contribution in [-0.4, -0.2) is 47.6 Å². The minimum Gasteiger partial charge on any atom is -0.495 e. The van der Waals surface area contributed by atoms with Crippen molar-refractivity contribution in [2.45, 2.75) is 11.3 Å². The number of hydrogen-bond donors (Lipinski definition) is 0. The number of nitrogens with zero attached hydrogens (tertiary/aromatic N) is 3. The van der Waals surface area contributed by atoms with E-state index in [0.29, 0.717) is 17.1 Å². The van der Waals surface area contributed by atoms with E-state index in [9.17, 15) is 18.0 Å². The lowest BCUT2D eigenvalue weighted by atomic mass is 10.2. The van der Waals surface area contributed by atoms with E-state index in [4.69, 9.17) is 14.7 Å². The van der Waals surface area contributed by atoms with Gasteiger partial charge in [0.25, 0.3) is 15.9 Å². The van der Waals surface area contributed by atoms with Crippen LogP contribution in [0.5, 0.6) is 5.75 Å². The van der Waals surface area contributed by atoms with E-state index in [1.54, 1.807) is 54.6 Å². The number of ether oxygens (including phenoxy) is 2. The van der Waals surface area contributed by atoms with E-state index in [-0.39, 0.29) is 23.4 Å². The average Bonchev–Trinajstić information content (AvgIpc) is 2.92. The van der Waals surface area contributed by atoms with Crippen LogP contribution < -0.4 is 13.9 Å². The van der Waals surface area contributed by atoms with Crippen molar-refractivity contribution in [1.82, 2.24) is 0 Å². The Bertz CT molecular complexity index is 1350. The number of methoxy groups -OCH3 is 1. The van der Waals surface area contributed by atoms with Gasteiger partial charge < -0.3 is 14.4 Å². The third-order valence-corrected chi connectivity index (χ3v) is 7.10. The molecule has 186 valence electrons. The van der Waals surface area contributed by atoms with Crippen LogP contribution in [0.4, 0.5) is 11.4 Å². The molecule has 0 spiro atoms. The van der Waals surface area contributed by atoms with Gasteiger partial charge in [-0.3, -0.25) is 9.10 Å². The number of amides is 1. The molecule has 9 nitrogen and oxygen atoms in total. The molecule has 0 aliphatic heterocycles. The van der Waals surface area contributed by atoms with Crippen LogP contribution in [-0.2, 0) is 19.6 Å². The Hall–Kier alpha value is -4.36. The molecule has 0 aliphatic rings. The Morgan fingerprint density at radius 3 is 2.22 bits per heavy atom. The normalized spacial score (nSPS) is 10.7. The van der Waals surface area contributed by atoms with Gasteiger partial charge in [0.2, 0.25) is 0 Å². The van der Waals surface area contributed by atoms with Gasteiger partial charge in [-0.2, -0.15) is 5.26 Å². The van der Waals surface area contributed by atoms with Gasteiger partial charge in [-0.15, -0.1) is 0 Å². The number of carbonyl (C=O) groups is 2. The van der Waals surface area contributed by atoms with Crippen molar-refractivity contribution in [3.05, 3.63) is 84.4 Å². The smallest absolute Gasteiger partial charge is 0.338 e. The number of esters is 1. The molecular formula is C26H25N3O6S.